The van der Waals surface area contributed by atoms with Crippen molar-refractivity contribution in [3.8, 4) is 0 Å². The summed E-state index contributed by atoms with van der Waals surface area (Å²) in [5.41, 5.74) is -0.422. The van der Waals surface area contributed by atoms with Crippen LogP contribution in [0.2, 0.25) is 0 Å². The Morgan fingerprint density at radius 1 is 1.20 bits per heavy atom. The molecule has 1 aromatic heterocycles. The van der Waals surface area contributed by atoms with E-state index in [2.05, 4.69) is 0 Å². The van der Waals surface area contributed by atoms with Crippen molar-refractivity contribution < 1.29 is 13.2 Å². The SMILES string of the molecule is CC(C)(C)C(=O)N1CCN(S(=O)(=O)c2cccs2)CC1. The van der Waals surface area contributed by atoms with Crippen molar-refractivity contribution in [1.82, 2.24) is 9.21 Å². The predicted molar refractivity (Wildman–Crippen MR) is 79.1 cm³/mol. The Hall–Kier alpha value is -0.920. The molecule has 0 saturated carbocycles. The molecule has 0 spiro atoms. The summed E-state index contributed by atoms with van der Waals surface area (Å²) >= 11 is 1.22. The molecule has 1 saturated heterocycles. The van der Waals surface area contributed by atoms with Crippen molar-refractivity contribution in [2.24, 2.45) is 5.41 Å². The van der Waals surface area contributed by atoms with E-state index in [0.717, 1.165) is 0 Å². The summed E-state index contributed by atoms with van der Waals surface area (Å²) in [7, 11) is -3.39. The normalized spacial score (nSPS) is 18.2. The summed E-state index contributed by atoms with van der Waals surface area (Å²) < 4.78 is 26.5. The van der Waals surface area contributed by atoms with Crippen LogP contribution in [0.15, 0.2) is 21.7 Å². The smallest absolute Gasteiger partial charge is 0.252 e. The summed E-state index contributed by atoms with van der Waals surface area (Å²) in [6.07, 6.45) is 0. The first-order valence-corrected chi connectivity index (χ1v) is 8.88. The summed E-state index contributed by atoms with van der Waals surface area (Å²) in [4.78, 5) is 13.9. The van der Waals surface area contributed by atoms with E-state index in [1.165, 1.54) is 15.6 Å². The molecule has 2 rings (SSSR count). The van der Waals surface area contributed by atoms with Crippen molar-refractivity contribution >= 4 is 27.3 Å². The van der Waals surface area contributed by atoms with Gasteiger partial charge in [0.15, 0.2) is 0 Å². The fourth-order valence-corrected chi connectivity index (χ4v) is 4.71. The molecule has 2 heterocycles. The van der Waals surface area contributed by atoms with Crippen LogP contribution in [-0.4, -0.2) is 49.7 Å². The Bertz CT molecular complexity index is 565. The lowest BCUT2D eigenvalue weighted by atomic mass is 9.94. The monoisotopic (exact) mass is 316 g/mol. The first kappa shape index (κ1) is 15.5. The molecule has 0 N–H and O–H groups in total. The highest BCUT2D eigenvalue weighted by molar-refractivity contribution is 7.91. The summed E-state index contributed by atoms with van der Waals surface area (Å²) in [5, 5.41) is 1.76. The van der Waals surface area contributed by atoms with Gasteiger partial charge in [-0.1, -0.05) is 26.8 Å². The number of sulfonamides is 1. The van der Waals surface area contributed by atoms with Crippen LogP contribution in [0.1, 0.15) is 20.8 Å². The van der Waals surface area contributed by atoms with Gasteiger partial charge in [0, 0.05) is 31.6 Å². The lowest BCUT2D eigenvalue weighted by Crippen LogP contribution is -2.52. The quantitative estimate of drug-likeness (QED) is 0.833. The molecule has 1 aliphatic rings. The average molecular weight is 316 g/mol. The highest BCUT2D eigenvalue weighted by atomic mass is 32.2. The number of carbonyl (C=O) groups excluding carboxylic acids is 1. The number of piperazine rings is 1. The van der Waals surface area contributed by atoms with Crippen molar-refractivity contribution in [2.75, 3.05) is 26.2 Å². The Morgan fingerprint density at radius 2 is 1.80 bits per heavy atom. The molecule has 1 fully saturated rings. The fourth-order valence-electron chi connectivity index (χ4n) is 2.14. The number of amides is 1. The third kappa shape index (κ3) is 3.05. The van der Waals surface area contributed by atoms with Crippen LogP contribution in [-0.2, 0) is 14.8 Å². The van der Waals surface area contributed by atoms with Crippen molar-refractivity contribution in [2.45, 2.75) is 25.0 Å². The number of hydrogen-bond acceptors (Lipinski definition) is 4. The third-order valence-corrected chi connectivity index (χ3v) is 6.53. The van der Waals surface area contributed by atoms with E-state index in [0.29, 0.717) is 30.4 Å². The van der Waals surface area contributed by atoms with E-state index in [1.54, 1.807) is 22.4 Å². The van der Waals surface area contributed by atoms with E-state index in [4.69, 9.17) is 0 Å². The highest BCUT2D eigenvalue weighted by Crippen LogP contribution is 2.23. The molecule has 1 amide bonds. The Labute approximate surface area is 124 Å². The zero-order valence-electron chi connectivity index (χ0n) is 12.0. The van der Waals surface area contributed by atoms with Crippen molar-refractivity contribution in [3.63, 3.8) is 0 Å². The fraction of sp³-hybridized carbons (Fsp3) is 0.615. The zero-order chi connectivity index (χ0) is 15.0. The second kappa shape index (κ2) is 5.46. The van der Waals surface area contributed by atoms with Gasteiger partial charge in [0.1, 0.15) is 4.21 Å². The van der Waals surface area contributed by atoms with Crippen LogP contribution < -0.4 is 0 Å². The van der Waals surface area contributed by atoms with Gasteiger partial charge in [0.05, 0.1) is 0 Å². The van der Waals surface area contributed by atoms with Crippen LogP contribution in [0, 0.1) is 5.41 Å². The molecular weight excluding hydrogens is 296 g/mol. The second-order valence-corrected chi connectivity index (χ2v) is 8.99. The first-order valence-electron chi connectivity index (χ1n) is 6.56. The molecule has 0 bridgehead atoms. The van der Waals surface area contributed by atoms with Gasteiger partial charge in [0.2, 0.25) is 5.91 Å². The summed E-state index contributed by atoms with van der Waals surface area (Å²) in [6, 6.07) is 3.35. The van der Waals surface area contributed by atoms with Gasteiger partial charge >= 0.3 is 0 Å². The molecular formula is C13H20N2O3S2. The molecule has 0 radical (unpaired) electrons. The molecule has 1 aromatic rings. The van der Waals surface area contributed by atoms with Crippen LogP contribution >= 0.6 is 11.3 Å². The lowest BCUT2D eigenvalue weighted by molar-refractivity contribution is -0.140. The minimum Gasteiger partial charge on any atom is -0.340 e. The molecule has 0 atom stereocenters. The number of thiophene rings is 1. The maximum Gasteiger partial charge on any atom is 0.252 e. The number of rotatable bonds is 2. The Kier molecular flexibility index (Phi) is 4.22. The second-order valence-electron chi connectivity index (χ2n) is 5.88. The van der Waals surface area contributed by atoms with Gasteiger partial charge in [-0.3, -0.25) is 4.79 Å². The maximum atomic E-state index is 12.4. The summed E-state index contributed by atoms with van der Waals surface area (Å²) in [6.45, 7) is 7.28. The number of hydrogen-bond donors (Lipinski definition) is 0. The van der Waals surface area contributed by atoms with Gasteiger partial charge in [-0.25, -0.2) is 8.42 Å². The molecule has 0 aliphatic carbocycles. The minimum atomic E-state index is -3.39. The maximum absolute atomic E-state index is 12.4. The van der Waals surface area contributed by atoms with Crippen LogP contribution in [0.25, 0.3) is 0 Å². The number of carbonyl (C=O) groups is 1. The van der Waals surface area contributed by atoms with Gasteiger partial charge in [-0.05, 0) is 11.4 Å². The molecule has 7 heteroatoms. The molecule has 1 aliphatic heterocycles. The molecule has 0 aromatic carbocycles. The average Bonchev–Trinajstić information content (AvgIpc) is 2.91. The van der Waals surface area contributed by atoms with Gasteiger partial charge in [-0.2, -0.15) is 4.31 Å². The van der Waals surface area contributed by atoms with Gasteiger partial charge in [-0.15, -0.1) is 11.3 Å². The number of nitrogens with zero attached hydrogens (tertiary/aromatic N) is 2. The first-order chi connectivity index (χ1) is 9.23. The van der Waals surface area contributed by atoms with Crippen LogP contribution in [0.5, 0.6) is 0 Å². The zero-order valence-corrected chi connectivity index (χ0v) is 13.6. The minimum absolute atomic E-state index is 0.0747. The van der Waals surface area contributed by atoms with E-state index in [1.807, 2.05) is 20.8 Å². The highest BCUT2D eigenvalue weighted by Gasteiger charge is 2.33. The van der Waals surface area contributed by atoms with Crippen molar-refractivity contribution in [3.05, 3.63) is 17.5 Å². The topological polar surface area (TPSA) is 57.7 Å². The van der Waals surface area contributed by atoms with Crippen LogP contribution in [0.4, 0.5) is 0 Å². The van der Waals surface area contributed by atoms with E-state index in [-0.39, 0.29) is 5.91 Å². The predicted octanol–water partition coefficient (Wildman–Crippen LogP) is 1.63. The summed E-state index contributed by atoms with van der Waals surface area (Å²) in [5.74, 6) is 0.0747. The standard InChI is InChI=1S/C13H20N2O3S2/c1-13(2,3)12(16)14-6-8-15(9-7-14)20(17,18)11-5-4-10-19-11/h4-5,10H,6-9H2,1-3H3. The molecule has 5 nitrogen and oxygen atoms in total. The molecule has 112 valence electrons. The van der Waals surface area contributed by atoms with Crippen LogP contribution in [0.3, 0.4) is 0 Å². The largest absolute Gasteiger partial charge is 0.340 e. The van der Waals surface area contributed by atoms with Gasteiger partial charge in [0.25, 0.3) is 10.0 Å². The molecule has 0 unspecified atom stereocenters. The third-order valence-electron chi connectivity index (χ3n) is 3.26. The van der Waals surface area contributed by atoms with Crippen molar-refractivity contribution in [1.29, 1.82) is 0 Å². The van der Waals surface area contributed by atoms with E-state index in [9.17, 15) is 13.2 Å². The van der Waals surface area contributed by atoms with E-state index < -0.39 is 15.4 Å². The Morgan fingerprint density at radius 3 is 2.25 bits per heavy atom. The lowest BCUT2D eigenvalue weighted by Gasteiger charge is -2.36. The van der Waals surface area contributed by atoms with E-state index >= 15 is 0 Å². The Balaban J connectivity index is 2.04. The van der Waals surface area contributed by atoms with Gasteiger partial charge < -0.3 is 4.90 Å². The molecule has 20 heavy (non-hydrogen) atoms.